The summed E-state index contributed by atoms with van der Waals surface area (Å²) >= 11 is 2.33. The molecule has 0 saturated heterocycles. The Hall–Kier alpha value is 0.647. The van der Waals surface area contributed by atoms with E-state index in [-0.39, 0.29) is 0 Å². The SMILES string of the molecule is CCCC1(C(C/C=C/I)O[Si](C)(C)C(C)(C)C)CCC1. The van der Waals surface area contributed by atoms with Crippen LogP contribution >= 0.6 is 22.6 Å². The van der Waals surface area contributed by atoms with Crippen LogP contribution in [0.25, 0.3) is 0 Å². The summed E-state index contributed by atoms with van der Waals surface area (Å²) < 4.78 is 9.00. The number of halogens is 1. The van der Waals surface area contributed by atoms with Crippen LogP contribution in [0.4, 0.5) is 0 Å². The quantitative estimate of drug-likeness (QED) is 0.337. The van der Waals surface area contributed by atoms with Crippen LogP contribution in [0.5, 0.6) is 0 Å². The van der Waals surface area contributed by atoms with Crippen molar-refractivity contribution in [3.8, 4) is 0 Å². The average molecular weight is 408 g/mol. The lowest BCUT2D eigenvalue weighted by atomic mass is 9.62. The summed E-state index contributed by atoms with van der Waals surface area (Å²) in [5.74, 6) is 0. The maximum Gasteiger partial charge on any atom is 0.192 e. The first-order valence-electron chi connectivity index (χ1n) is 8.11. The third-order valence-electron chi connectivity index (χ3n) is 5.46. The Bertz CT molecular complexity index is 326. The molecule has 1 aliphatic carbocycles. The first-order chi connectivity index (χ1) is 9.18. The number of hydrogen-bond donors (Lipinski definition) is 0. The van der Waals surface area contributed by atoms with Gasteiger partial charge < -0.3 is 4.43 Å². The molecule has 1 saturated carbocycles. The molecule has 0 radical (unpaired) electrons. The molecule has 0 aromatic rings. The molecule has 1 fully saturated rings. The van der Waals surface area contributed by atoms with E-state index in [1.807, 2.05) is 0 Å². The van der Waals surface area contributed by atoms with Crippen LogP contribution in [0, 0.1) is 5.41 Å². The molecule has 0 spiro atoms. The van der Waals surface area contributed by atoms with Gasteiger partial charge in [0.15, 0.2) is 8.32 Å². The van der Waals surface area contributed by atoms with Gasteiger partial charge in [-0.05, 0) is 53.3 Å². The van der Waals surface area contributed by atoms with Crippen molar-refractivity contribution in [3.63, 3.8) is 0 Å². The molecule has 0 aliphatic heterocycles. The van der Waals surface area contributed by atoms with Crippen molar-refractivity contribution in [2.75, 3.05) is 0 Å². The Morgan fingerprint density at radius 1 is 1.30 bits per heavy atom. The molecule has 20 heavy (non-hydrogen) atoms. The second-order valence-corrected chi connectivity index (χ2v) is 13.4. The highest BCUT2D eigenvalue weighted by Crippen LogP contribution is 2.52. The largest absolute Gasteiger partial charge is 0.413 e. The summed E-state index contributed by atoms with van der Waals surface area (Å²) in [4.78, 5) is 0. The minimum Gasteiger partial charge on any atom is -0.413 e. The topological polar surface area (TPSA) is 9.23 Å². The Balaban J connectivity index is 2.89. The van der Waals surface area contributed by atoms with Crippen LogP contribution in [0.1, 0.15) is 66.2 Å². The van der Waals surface area contributed by atoms with Crippen LogP contribution in [0.3, 0.4) is 0 Å². The van der Waals surface area contributed by atoms with Crippen LogP contribution in [0.15, 0.2) is 10.2 Å². The summed E-state index contributed by atoms with van der Waals surface area (Å²) in [6, 6.07) is 0. The Labute approximate surface area is 141 Å². The van der Waals surface area contributed by atoms with Crippen LogP contribution in [-0.2, 0) is 4.43 Å². The first kappa shape index (κ1) is 18.7. The minimum absolute atomic E-state index is 0.302. The molecule has 1 unspecified atom stereocenters. The van der Waals surface area contributed by atoms with Crippen molar-refractivity contribution in [1.29, 1.82) is 0 Å². The molecule has 0 aromatic heterocycles. The van der Waals surface area contributed by atoms with Crippen molar-refractivity contribution in [1.82, 2.24) is 0 Å². The third kappa shape index (κ3) is 4.32. The molecular formula is C17H33IOSi. The molecular weight excluding hydrogens is 375 g/mol. The van der Waals surface area contributed by atoms with Crippen molar-refractivity contribution in [3.05, 3.63) is 10.2 Å². The Morgan fingerprint density at radius 3 is 2.25 bits per heavy atom. The monoisotopic (exact) mass is 408 g/mol. The maximum atomic E-state index is 6.85. The molecule has 3 heteroatoms. The predicted molar refractivity (Wildman–Crippen MR) is 101 cm³/mol. The normalized spacial score (nSPS) is 20.9. The van der Waals surface area contributed by atoms with E-state index in [9.17, 15) is 0 Å². The van der Waals surface area contributed by atoms with E-state index in [0.29, 0.717) is 16.6 Å². The number of hydrogen-bond acceptors (Lipinski definition) is 1. The van der Waals surface area contributed by atoms with E-state index in [0.717, 1.165) is 6.42 Å². The molecule has 0 amide bonds. The van der Waals surface area contributed by atoms with Crippen LogP contribution in [0.2, 0.25) is 18.1 Å². The van der Waals surface area contributed by atoms with Crippen LogP contribution < -0.4 is 0 Å². The molecule has 0 bridgehead atoms. The lowest BCUT2D eigenvalue weighted by molar-refractivity contribution is -0.0313. The Kier molecular flexibility index (Phi) is 6.80. The van der Waals surface area contributed by atoms with E-state index < -0.39 is 8.32 Å². The van der Waals surface area contributed by atoms with Crippen molar-refractivity contribution in [2.24, 2.45) is 5.41 Å². The van der Waals surface area contributed by atoms with Crippen molar-refractivity contribution < 1.29 is 4.43 Å². The van der Waals surface area contributed by atoms with Crippen LogP contribution in [-0.4, -0.2) is 14.4 Å². The van der Waals surface area contributed by atoms with E-state index in [4.69, 9.17) is 4.43 Å². The second kappa shape index (κ2) is 7.27. The summed E-state index contributed by atoms with van der Waals surface area (Å²) in [5, 5.41) is 0.302. The third-order valence-corrected chi connectivity index (χ3v) is 10.5. The molecule has 1 rings (SSSR count). The average Bonchev–Trinajstić information content (AvgIpc) is 2.27. The molecule has 1 aliphatic rings. The summed E-state index contributed by atoms with van der Waals surface area (Å²) in [6.07, 6.45) is 10.6. The van der Waals surface area contributed by atoms with Gasteiger partial charge in [-0.3, -0.25) is 0 Å². The van der Waals surface area contributed by atoms with Gasteiger partial charge in [-0.25, -0.2) is 0 Å². The molecule has 0 N–H and O–H groups in total. The fourth-order valence-electron chi connectivity index (χ4n) is 2.99. The first-order valence-corrected chi connectivity index (χ1v) is 12.3. The van der Waals surface area contributed by atoms with E-state index in [1.165, 1.54) is 32.1 Å². The fraction of sp³-hybridized carbons (Fsp3) is 0.882. The van der Waals surface area contributed by atoms with Gasteiger partial charge >= 0.3 is 0 Å². The van der Waals surface area contributed by atoms with E-state index in [2.05, 4.69) is 73.5 Å². The highest BCUT2D eigenvalue weighted by atomic mass is 127. The van der Waals surface area contributed by atoms with Crippen molar-refractivity contribution in [2.45, 2.75) is 90.5 Å². The van der Waals surface area contributed by atoms with Crippen molar-refractivity contribution >= 4 is 30.9 Å². The highest BCUT2D eigenvalue weighted by Gasteiger charge is 2.48. The molecule has 118 valence electrons. The van der Waals surface area contributed by atoms with Gasteiger partial charge in [0.2, 0.25) is 0 Å². The zero-order valence-corrected chi connectivity index (χ0v) is 17.4. The number of rotatable bonds is 7. The van der Waals surface area contributed by atoms with E-state index >= 15 is 0 Å². The van der Waals surface area contributed by atoms with E-state index in [1.54, 1.807) is 0 Å². The second-order valence-electron chi connectivity index (χ2n) is 7.93. The minimum atomic E-state index is -1.68. The van der Waals surface area contributed by atoms with Gasteiger partial charge in [0, 0.05) is 0 Å². The summed E-state index contributed by atoms with van der Waals surface area (Å²) in [6.45, 7) is 14.1. The summed E-state index contributed by atoms with van der Waals surface area (Å²) in [7, 11) is -1.68. The Morgan fingerprint density at radius 2 is 1.90 bits per heavy atom. The van der Waals surface area contributed by atoms with Gasteiger partial charge in [-0.1, -0.05) is 69.2 Å². The predicted octanol–water partition coefficient (Wildman–Crippen LogP) is 6.69. The lowest BCUT2D eigenvalue weighted by Crippen LogP contribution is -2.51. The molecule has 1 atom stereocenters. The molecule has 0 aromatic carbocycles. The zero-order valence-electron chi connectivity index (χ0n) is 14.3. The smallest absolute Gasteiger partial charge is 0.192 e. The fourth-order valence-corrected chi connectivity index (χ4v) is 4.70. The molecule has 0 heterocycles. The van der Waals surface area contributed by atoms with Gasteiger partial charge in [0.25, 0.3) is 0 Å². The highest BCUT2D eigenvalue weighted by molar-refractivity contribution is 14.1. The van der Waals surface area contributed by atoms with Gasteiger partial charge in [-0.2, -0.15) is 0 Å². The van der Waals surface area contributed by atoms with Gasteiger partial charge in [0.05, 0.1) is 6.10 Å². The van der Waals surface area contributed by atoms with Gasteiger partial charge in [0.1, 0.15) is 0 Å². The summed E-state index contributed by atoms with van der Waals surface area (Å²) in [5.41, 5.74) is 0.473. The lowest BCUT2D eigenvalue weighted by Gasteiger charge is -2.51. The molecule has 1 nitrogen and oxygen atoms in total. The van der Waals surface area contributed by atoms with Gasteiger partial charge in [-0.15, -0.1) is 0 Å². The maximum absolute atomic E-state index is 6.85. The zero-order chi connectivity index (χ0) is 15.4. The standard InChI is InChI=1S/C17H33IOSi/c1-7-11-17(12-9-13-17)15(10-8-14-18)19-20(5,6)16(2,3)4/h8,14-15H,7,9-13H2,1-6H3/b14-8+.